The molecule has 1 aromatic carbocycles. The molecular formula is C13H17N3O. The van der Waals surface area contributed by atoms with Gasteiger partial charge in [0.05, 0.1) is 6.10 Å². The molecule has 0 aliphatic heterocycles. The minimum atomic E-state index is 0.196. The van der Waals surface area contributed by atoms with Crippen LogP contribution in [0.25, 0.3) is 5.69 Å². The maximum absolute atomic E-state index is 5.60. The molecule has 1 heterocycles. The van der Waals surface area contributed by atoms with E-state index in [0.717, 1.165) is 17.4 Å². The number of nitrogens with zero attached hydrogens (tertiary/aromatic N) is 2. The highest BCUT2D eigenvalue weighted by Crippen LogP contribution is 2.19. The zero-order chi connectivity index (χ0) is 12.3. The molecule has 0 aliphatic rings. The van der Waals surface area contributed by atoms with Crippen molar-refractivity contribution in [1.82, 2.24) is 9.55 Å². The van der Waals surface area contributed by atoms with Gasteiger partial charge in [-0.15, -0.1) is 0 Å². The standard InChI is InChI=1S/C13H17N3O/c1-10(2)17-12-6-4-11(5-7-12)16-9-8-15-13(16)14-3/h4-10H,1-3H3,(H,14,15). The molecule has 0 unspecified atom stereocenters. The minimum Gasteiger partial charge on any atom is -0.491 e. The van der Waals surface area contributed by atoms with Crippen LogP contribution in [0.1, 0.15) is 13.8 Å². The zero-order valence-electron chi connectivity index (χ0n) is 10.3. The summed E-state index contributed by atoms with van der Waals surface area (Å²) in [5.74, 6) is 1.71. The highest BCUT2D eigenvalue weighted by Gasteiger charge is 2.03. The molecule has 0 atom stereocenters. The van der Waals surface area contributed by atoms with E-state index in [1.807, 2.05) is 55.9 Å². The third-order valence-corrected chi connectivity index (χ3v) is 2.35. The number of imidazole rings is 1. The first kappa shape index (κ1) is 11.5. The Morgan fingerprint density at radius 3 is 2.53 bits per heavy atom. The van der Waals surface area contributed by atoms with E-state index in [0.29, 0.717) is 0 Å². The average Bonchev–Trinajstić information content (AvgIpc) is 2.77. The van der Waals surface area contributed by atoms with Crippen LogP contribution in [0.2, 0.25) is 0 Å². The fourth-order valence-corrected chi connectivity index (χ4v) is 1.65. The summed E-state index contributed by atoms with van der Waals surface area (Å²) >= 11 is 0. The van der Waals surface area contributed by atoms with Gasteiger partial charge in [-0.2, -0.15) is 0 Å². The zero-order valence-corrected chi connectivity index (χ0v) is 10.3. The minimum absolute atomic E-state index is 0.196. The van der Waals surface area contributed by atoms with Crippen molar-refractivity contribution >= 4 is 5.95 Å². The van der Waals surface area contributed by atoms with E-state index in [4.69, 9.17) is 4.74 Å². The largest absolute Gasteiger partial charge is 0.491 e. The molecule has 2 aromatic rings. The Hall–Kier alpha value is -1.97. The number of aromatic nitrogens is 2. The number of rotatable bonds is 4. The smallest absolute Gasteiger partial charge is 0.207 e. The van der Waals surface area contributed by atoms with Crippen LogP contribution < -0.4 is 10.1 Å². The van der Waals surface area contributed by atoms with Gasteiger partial charge in [0.15, 0.2) is 0 Å². The van der Waals surface area contributed by atoms with E-state index in [2.05, 4.69) is 10.3 Å². The van der Waals surface area contributed by atoms with Crippen LogP contribution in [-0.4, -0.2) is 22.7 Å². The summed E-state index contributed by atoms with van der Waals surface area (Å²) < 4.78 is 7.59. The molecule has 1 N–H and O–H groups in total. The Morgan fingerprint density at radius 1 is 1.24 bits per heavy atom. The van der Waals surface area contributed by atoms with Crippen LogP contribution >= 0.6 is 0 Å². The van der Waals surface area contributed by atoms with E-state index in [1.54, 1.807) is 6.20 Å². The molecule has 0 spiro atoms. The van der Waals surface area contributed by atoms with Crippen molar-refractivity contribution < 1.29 is 4.74 Å². The molecule has 0 radical (unpaired) electrons. The molecule has 1 aromatic heterocycles. The first-order valence-electron chi connectivity index (χ1n) is 5.69. The number of anilines is 1. The third-order valence-electron chi connectivity index (χ3n) is 2.35. The van der Waals surface area contributed by atoms with Crippen molar-refractivity contribution in [2.45, 2.75) is 20.0 Å². The SMILES string of the molecule is CNc1nccn1-c1ccc(OC(C)C)cc1. The van der Waals surface area contributed by atoms with Gasteiger partial charge in [0.25, 0.3) is 0 Å². The molecule has 0 aliphatic carbocycles. The molecule has 0 saturated heterocycles. The monoisotopic (exact) mass is 231 g/mol. The van der Waals surface area contributed by atoms with Crippen molar-refractivity contribution in [1.29, 1.82) is 0 Å². The first-order valence-corrected chi connectivity index (χ1v) is 5.69. The number of hydrogen-bond donors (Lipinski definition) is 1. The molecule has 2 rings (SSSR count). The summed E-state index contributed by atoms with van der Waals surface area (Å²) in [5, 5.41) is 3.04. The fraction of sp³-hybridized carbons (Fsp3) is 0.308. The molecule has 90 valence electrons. The van der Waals surface area contributed by atoms with Crippen LogP contribution in [0.15, 0.2) is 36.7 Å². The summed E-state index contributed by atoms with van der Waals surface area (Å²) in [7, 11) is 1.86. The van der Waals surface area contributed by atoms with Gasteiger partial charge in [-0.25, -0.2) is 4.98 Å². The predicted octanol–water partition coefficient (Wildman–Crippen LogP) is 2.70. The van der Waals surface area contributed by atoms with Gasteiger partial charge in [0, 0.05) is 25.1 Å². The van der Waals surface area contributed by atoms with E-state index < -0.39 is 0 Å². The molecular weight excluding hydrogens is 214 g/mol. The number of ether oxygens (including phenoxy) is 1. The van der Waals surface area contributed by atoms with Crippen LogP contribution in [-0.2, 0) is 0 Å². The number of nitrogens with one attached hydrogen (secondary N) is 1. The van der Waals surface area contributed by atoms with E-state index >= 15 is 0 Å². The van der Waals surface area contributed by atoms with E-state index in [-0.39, 0.29) is 6.10 Å². The van der Waals surface area contributed by atoms with Gasteiger partial charge in [-0.3, -0.25) is 4.57 Å². The Morgan fingerprint density at radius 2 is 1.94 bits per heavy atom. The maximum atomic E-state index is 5.60. The second kappa shape index (κ2) is 4.91. The lowest BCUT2D eigenvalue weighted by Gasteiger charge is -2.11. The van der Waals surface area contributed by atoms with Crippen LogP contribution in [0.5, 0.6) is 5.75 Å². The van der Waals surface area contributed by atoms with Gasteiger partial charge >= 0.3 is 0 Å². The number of hydrogen-bond acceptors (Lipinski definition) is 3. The molecule has 17 heavy (non-hydrogen) atoms. The summed E-state index contributed by atoms with van der Waals surface area (Å²) in [5.41, 5.74) is 1.06. The van der Waals surface area contributed by atoms with Gasteiger partial charge in [0.1, 0.15) is 5.75 Å². The molecule has 0 saturated carbocycles. The highest BCUT2D eigenvalue weighted by atomic mass is 16.5. The van der Waals surface area contributed by atoms with Crippen LogP contribution in [0, 0.1) is 0 Å². The van der Waals surface area contributed by atoms with Gasteiger partial charge in [0.2, 0.25) is 5.95 Å². The van der Waals surface area contributed by atoms with E-state index in [1.165, 1.54) is 0 Å². The molecule has 0 bridgehead atoms. The topological polar surface area (TPSA) is 39.1 Å². The van der Waals surface area contributed by atoms with Gasteiger partial charge < -0.3 is 10.1 Å². The van der Waals surface area contributed by atoms with Crippen molar-refractivity contribution in [2.75, 3.05) is 12.4 Å². The lowest BCUT2D eigenvalue weighted by molar-refractivity contribution is 0.242. The Labute approximate surface area is 101 Å². The normalized spacial score (nSPS) is 10.6. The average molecular weight is 231 g/mol. The van der Waals surface area contributed by atoms with Crippen LogP contribution in [0.3, 0.4) is 0 Å². The van der Waals surface area contributed by atoms with Crippen molar-refractivity contribution in [3.63, 3.8) is 0 Å². The van der Waals surface area contributed by atoms with Crippen LogP contribution in [0.4, 0.5) is 5.95 Å². The van der Waals surface area contributed by atoms with Crippen molar-refractivity contribution in [3.8, 4) is 11.4 Å². The predicted molar refractivity (Wildman–Crippen MR) is 68.9 cm³/mol. The quantitative estimate of drug-likeness (QED) is 0.879. The second-order valence-corrected chi connectivity index (χ2v) is 4.03. The van der Waals surface area contributed by atoms with Crippen molar-refractivity contribution in [2.24, 2.45) is 0 Å². The Balaban J connectivity index is 2.23. The Bertz CT molecular complexity index is 474. The molecule has 0 fully saturated rings. The molecule has 4 nitrogen and oxygen atoms in total. The number of benzene rings is 1. The first-order chi connectivity index (χ1) is 8.20. The highest BCUT2D eigenvalue weighted by molar-refractivity contribution is 5.43. The summed E-state index contributed by atoms with van der Waals surface area (Å²) in [6.45, 7) is 4.03. The van der Waals surface area contributed by atoms with Gasteiger partial charge in [-0.05, 0) is 38.1 Å². The lowest BCUT2D eigenvalue weighted by atomic mass is 10.3. The Kier molecular flexibility index (Phi) is 3.32. The molecule has 4 heteroatoms. The summed E-state index contributed by atoms with van der Waals surface area (Å²) in [6, 6.07) is 7.96. The molecule has 0 amide bonds. The van der Waals surface area contributed by atoms with Crippen molar-refractivity contribution in [3.05, 3.63) is 36.7 Å². The summed E-state index contributed by atoms with van der Waals surface area (Å²) in [6.07, 6.45) is 3.89. The second-order valence-electron chi connectivity index (χ2n) is 4.03. The summed E-state index contributed by atoms with van der Waals surface area (Å²) in [4.78, 5) is 4.20. The fourth-order valence-electron chi connectivity index (χ4n) is 1.65. The third kappa shape index (κ3) is 2.58. The maximum Gasteiger partial charge on any atom is 0.207 e. The van der Waals surface area contributed by atoms with E-state index in [9.17, 15) is 0 Å². The lowest BCUT2D eigenvalue weighted by Crippen LogP contribution is -2.05. The van der Waals surface area contributed by atoms with Gasteiger partial charge in [-0.1, -0.05) is 0 Å².